The van der Waals surface area contributed by atoms with Gasteiger partial charge in [0, 0.05) is 10.6 Å². The maximum atomic E-state index is 5.92. The van der Waals surface area contributed by atoms with Gasteiger partial charge in [-0.2, -0.15) is 4.98 Å². The molecule has 0 aliphatic carbocycles. The molecule has 6 heteroatoms. The second-order valence-electron chi connectivity index (χ2n) is 3.70. The van der Waals surface area contributed by atoms with E-state index in [0.717, 1.165) is 10.6 Å². The van der Waals surface area contributed by atoms with Crippen molar-refractivity contribution in [3.8, 4) is 0 Å². The molecule has 0 aliphatic rings. The van der Waals surface area contributed by atoms with E-state index in [2.05, 4.69) is 15.3 Å². The van der Waals surface area contributed by atoms with Crippen LogP contribution in [0, 0.1) is 6.92 Å². The van der Waals surface area contributed by atoms with Crippen LogP contribution in [-0.2, 0) is 0 Å². The van der Waals surface area contributed by atoms with E-state index in [0.29, 0.717) is 17.2 Å². The Hall–Kier alpha value is -1.46. The van der Waals surface area contributed by atoms with Gasteiger partial charge < -0.3 is 11.1 Å². The Balaban J connectivity index is 2.33. The van der Waals surface area contributed by atoms with E-state index in [-0.39, 0.29) is 5.28 Å². The summed E-state index contributed by atoms with van der Waals surface area (Å²) in [6, 6.07) is 7.98. The highest BCUT2D eigenvalue weighted by atomic mass is 35.5. The van der Waals surface area contributed by atoms with Crippen molar-refractivity contribution in [2.24, 2.45) is 0 Å². The van der Waals surface area contributed by atoms with Crippen molar-refractivity contribution in [1.29, 1.82) is 0 Å². The van der Waals surface area contributed by atoms with E-state index in [9.17, 15) is 0 Å². The summed E-state index contributed by atoms with van der Waals surface area (Å²) < 4.78 is 0. The summed E-state index contributed by atoms with van der Waals surface area (Å²) in [7, 11) is 0. The molecule has 1 aromatic heterocycles. The third kappa shape index (κ3) is 2.86. The monoisotopic (exact) mass is 280 g/mol. The topological polar surface area (TPSA) is 63.8 Å². The van der Waals surface area contributed by atoms with Gasteiger partial charge in [0.2, 0.25) is 5.28 Å². The summed E-state index contributed by atoms with van der Waals surface area (Å²) in [6.45, 7) is 1.80. The fourth-order valence-corrected chi connectivity index (χ4v) is 2.15. The molecule has 4 nitrogen and oxygen atoms in total. The van der Waals surface area contributed by atoms with Crippen molar-refractivity contribution >= 4 is 40.6 Å². The van der Waals surface area contributed by atoms with E-state index in [1.54, 1.807) is 18.7 Å². The second kappa shape index (κ2) is 5.46. The summed E-state index contributed by atoms with van der Waals surface area (Å²) in [6.07, 6.45) is 2.03. The Morgan fingerprint density at radius 2 is 2.11 bits per heavy atom. The second-order valence-corrected chi connectivity index (χ2v) is 4.92. The lowest BCUT2D eigenvalue weighted by Gasteiger charge is -2.10. The zero-order valence-electron chi connectivity index (χ0n) is 10.1. The minimum absolute atomic E-state index is 0.185. The predicted octanol–water partition coefficient (Wildman–Crippen LogP) is 3.49. The Kier molecular flexibility index (Phi) is 3.93. The summed E-state index contributed by atoms with van der Waals surface area (Å²) in [5, 5.41) is 3.34. The summed E-state index contributed by atoms with van der Waals surface area (Å²) in [5.41, 5.74) is 8.01. The fourth-order valence-electron chi connectivity index (χ4n) is 1.48. The minimum atomic E-state index is 0.185. The number of rotatable bonds is 3. The summed E-state index contributed by atoms with van der Waals surface area (Å²) >= 11 is 7.50. The van der Waals surface area contributed by atoms with Gasteiger partial charge in [-0.05, 0) is 43.0 Å². The molecule has 3 N–H and O–H groups in total. The molecule has 2 rings (SSSR count). The lowest BCUT2D eigenvalue weighted by Crippen LogP contribution is -2.03. The number of nitrogens with zero attached hydrogens (tertiary/aromatic N) is 2. The maximum absolute atomic E-state index is 5.92. The molecular formula is C12H13ClN4S. The third-order valence-electron chi connectivity index (χ3n) is 2.44. The summed E-state index contributed by atoms with van der Waals surface area (Å²) in [5.74, 6) is 0.533. The molecule has 18 heavy (non-hydrogen) atoms. The van der Waals surface area contributed by atoms with Crippen LogP contribution in [0.25, 0.3) is 0 Å². The van der Waals surface area contributed by atoms with Crippen LogP contribution in [0.5, 0.6) is 0 Å². The number of hydrogen-bond donors (Lipinski definition) is 2. The van der Waals surface area contributed by atoms with Crippen LogP contribution in [0.15, 0.2) is 29.2 Å². The Morgan fingerprint density at radius 3 is 2.83 bits per heavy atom. The molecule has 0 radical (unpaired) electrons. The average Bonchev–Trinajstić information content (AvgIpc) is 2.35. The largest absolute Gasteiger partial charge is 0.394 e. The molecule has 0 bridgehead atoms. The zero-order chi connectivity index (χ0) is 13.1. The van der Waals surface area contributed by atoms with Crippen LogP contribution in [0.3, 0.4) is 0 Å². The number of halogens is 1. The highest BCUT2D eigenvalue weighted by molar-refractivity contribution is 7.98. The smallest absolute Gasteiger partial charge is 0.224 e. The van der Waals surface area contributed by atoms with Crippen LogP contribution in [0.4, 0.5) is 17.2 Å². The Morgan fingerprint density at radius 1 is 1.33 bits per heavy atom. The van der Waals surface area contributed by atoms with Crippen LogP contribution >= 0.6 is 23.4 Å². The van der Waals surface area contributed by atoms with E-state index in [1.807, 2.05) is 30.5 Å². The predicted molar refractivity (Wildman–Crippen MR) is 77.7 cm³/mol. The zero-order valence-corrected chi connectivity index (χ0v) is 11.6. The van der Waals surface area contributed by atoms with Gasteiger partial charge in [-0.1, -0.05) is 6.07 Å². The number of nitrogens with two attached hydrogens (primary N) is 1. The van der Waals surface area contributed by atoms with E-state index in [4.69, 9.17) is 17.3 Å². The lowest BCUT2D eigenvalue weighted by atomic mass is 10.3. The average molecular weight is 281 g/mol. The molecule has 0 saturated heterocycles. The molecule has 0 spiro atoms. The molecule has 2 aromatic rings. The van der Waals surface area contributed by atoms with Gasteiger partial charge in [-0.25, -0.2) is 4.98 Å². The van der Waals surface area contributed by atoms with Crippen molar-refractivity contribution in [2.75, 3.05) is 17.3 Å². The quantitative estimate of drug-likeness (QED) is 0.666. The summed E-state index contributed by atoms with van der Waals surface area (Å²) in [4.78, 5) is 9.25. The Labute approximate surface area is 115 Å². The van der Waals surface area contributed by atoms with Crippen molar-refractivity contribution < 1.29 is 0 Å². The number of benzene rings is 1. The molecule has 0 amide bonds. The highest BCUT2D eigenvalue weighted by Crippen LogP contribution is 2.26. The molecule has 0 fully saturated rings. The molecular weight excluding hydrogens is 268 g/mol. The third-order valence-corrected chi connectivity index (χ3v) is 3.34. The van der Waals surface area contributed by atoms with Gasteiger partial charge in [-0.15, -0.1) is 11.8 Å². The van der Waals surface area contributed by atoms with E-state index >= 15 is 0 Å². The molecule has 0 aliphatic heterocycles. The maximum Gasteiger partial charge on any atom is 0.224 e. The number of nitrogens with one attached hydrogen (secondary N) is 1. The fraction of sp³-hybridized carbons (Fsp3) is 0.167. The van der Waals surface area contributed by atoms with Crippen molar-refractivity contribution in [3.05, 3.63) is 35.2 Å². The van der Waals surface area contributed by atoms with Gasteiger partial charge in [0.25, 0.3) is 0 Å². The molecule has 0 atom stereocenters. The standard InChI is InChI=1S/C12H13ClN4S/c1-7-10(14)11(17-12(13)15-7)16-8-4-3-5-9(6-8)18-2/h3-6H,14H2,1-2H3,(H,15,16,17). The number of thioether (sulfide) groups is 1. The first-order valence-electron chi connectivity index (χ1n) is 5.31. The molecule has 1 heterocycles. The molecule has 1 aromatic carbocycles. The number of aromatic nitrogens is 2. The molecule has 0 unspecified atom stereocenters. The van der Waals surface area contributed by atoms with Crippen LogP contribution in [0.1, 0.15) is 5.69 Å². The Bertz CT molecular complexity index is 574. The van der Waals surface area contributed by atoms with E-state index in [1.165, 1.54) is 0 Å². The van der Waals surface area contributed by atoms with Crippen LogP contribution in [0.2, 0.25) is 5.28 Å². The number of aryl methyl sites for hydroxylation is 1. The van der Waals surface area contributed by atoms with Gasteiger partial charge in [0.15, 0.2) is 5.82 Å². The number of hydrogen-bond acceptors (Lipinski definition) is 5. The number of nitrogen functional groups attached to an aromatic ring is 1. The van der Waals surface area contributed by atoms with E-state index < -0.39 is 0 Å². The van der Waals surface area contributed by atoms with Gasteiger partial charge in [0.1, 0.15) is 0 Å². The van der Waals surface area contributed by atoms with Crippen molar-refractivity contribution in [2.45, 2.75) is 11.8 Å². The van der Waals surface area contributed by atoms with Gasteiger partial charge >= 0.3 is 0 Å². The van der Waals surface area contributed by atoms with Crippen LogP contribution in [-0.4, -0.2) is 16.2 Å². The van der Waals surface area contributed by atoms with Gasteiger partial charge in [-0.3, -0.25) is 0 Å². The first-order chi connectivity index (χ1) is 8.60. The highest BCUT2D eigenvalue weighted by Gasteiger charge is 2.08. The van der Waals surface area contributed by atoms with Crippen molar-refractivity contribution in [3.63, 3.8) is 0 Å². The molecule has 94 valence electrons. The molecule has 0 saturated carbocycles. The normalized spacial score (nSPS) is 10.4. The first kappa shape index (κ1) is 13.0. The lowest BCUT2D eigenvalue weighted by molar-refractivity contribution is 1.11. The van der Waals surface area contributed by atoms with Crippen molar-refractivity contribution in [1.82, 2.24) is 9.97 Å². The number of anilines is 3. The SMILES string of the molecule is CSc1cccc(Nc2nc(Cl)nc(C)c2N)c1. The minimum Gasteiger partial charge on any atom is -0.394 e. The first-order valence-corrected chi connectivity index (χ1v) is 6.91. The van der Waals surface area contributed by atoms with Gasteiger partial charge in [0.05, 0.1) is 11.4 Å². The van der Waals surface area contributed by atoms with Crippen LogP contribution < -0.4 is 11.1 Å².